The van der Waals surface area contributed by atoms with Crippen molar-refractivity contribution in [3.8, 4) is 5.75 Å². The van der Waals surface area contributed by atoms with Crippen molar-refractivity contribution >= 4 is 0 Å². The third kappa shape index (κ3) is 3.03. The molecule has 0 amide bonds. The number of aliphatic hydroxyl groups excluding tert-OH is 1. The zero-order chi connectivity index (χ0) is 13.8. The molecule has 0 saturated heterocycles. The van der Waals surface area contributed by atoms with Gasteiger partial charge in [-0.15, -0.1) is 0 Å². The largest absolute Gasteiger partial charge is 0.508 e. The summed E-state index contributed by atoms with van der Waals surface area (Å²) in [6, 6.07) is 7.06. The van der Waals surface area contributed by atoms with Crippen molar-refractivity contribution in [2.45, 2.75) is 44.8 Å². The molecule has 1 unspecified atom stereocenters. The molecule has 0 saturated carbocycles. The number of rotatable bonds is 6. The van der Waals surface area contributed by atoms with Gasteiger partial charge in [0.25, 0.3) is 0 Å². The van der Waals surface area contributed by atoms with Crippen LogP contribution in [-0.4, -0.2) is 40.9 Å². The molecule has 3 heteroatoms. The van der Waals surface area contributed by atoms with Crippen LogP contribution in [0.3, 0.4) is 0 Å². The monoisotopic (exact) mass is 251 g/mol. The Labute approximate surface area is 110 Å². The summed E-state index contributed by atoms with van der Waals surface area (Å²) in [5.74, 6) is 0.262. The van der Waals surface area contributed by atoms with Crippen molar-refractivity contribution in [3.05, 3.63) is 29.8 Å². The van der Waals surface area contributed by atoms with Gasteiger partial charge in [-0.1, -0.05) is 26.0 Å². The van der Waals surface area contributed by atoms with Gasteiger partial charge >= 0.3 is 0 Å². The molecule has 0 aliphatic carbocycles. The average Bonchev–Trinajstić information content (AvgIpc) is 2.34. The second-order valence-corrected chi connectivity index (χ2v) is 5.09. The highest BCUT2D eigenvalue weighted by atomic mass is 16.3. The van der Waals surface area contributed by atoms with Crippen LogP contribution in [0.25, 0.3) is 0 Å². The summed E-state index contributed by atoms with van der Waals surface area (Å²) in [5, 5.41) is 19.8. The number of benzene rings is 1. The molecule has 18 heavy (non-hydrogen) atoms. The predicted octanol–water partition coefficient (Wildman–Crippen LogP) is 2.42. The number of phenolic OH excluding ortho intramolecular Hbond substituents is 1. The Morgan fingerprint density at radius 1 is 1.11 bits per heavy atom. The molecule has 0 radical (unpaired) electrons. The Morgan fingerprint density at radius 2 is 1.61 bits per heavy atom. The van der Waals surface area contributed by atoms with Crippen molar-refractivity contribution in [2.24, 2.45) is 0 Å². The van der Waals surface area contributed by atoms with Gasteiger partial charge < -0.3 is 15.1 Å². The van der Waals surface area contributed by atoms with Crippen LogP contribution in [-0.2, 0) is 6.42 Å². The third-order valence-corrected chi connectivity index (χ3v) is 4.10. The maximum atomic E-state index is 10.5. The number of hydrogen-bond donors (Lipinski definition) is 2. The smallest absolute Gasteiger partial charge is 0.115 e. The molecule has 1 rings (SSSR count). The molecule has 1 aromatic rings. The fourth-order valence-corrected chi connectivity index (χ4v) is 2.70. The number of likely N-dealkylation sites (N-methyl/N-ethyl adjacent to an activating group) is 1. The van der Waals surface area contributed by atoms with Crippen LogP contribution >= 0.6 is 0 Å². The highest BCUT2D eigenvalue weighted by Gasteiger charge is 2.36. The van der Waals surface area contributed by atoms with E-state index in [2.05, 4.69) is 18.7 Å². The predicted molar refractivity (Wildman–Crippen MR) is 74.8 cm³/mol. The second-order valence-electron chi connectivity index (χ2n) is 5.09. The maximum absolute atomic E-state index is 10.5. The fraction of sp³-hybridized carbons (Fsp3) is 0.600. The molecule has 0 aliphatic rings. The fourth-order valence-electron chi connectivity index (χ4n) is 2.70. The number of phenols is 1. The lowest BCUT2D eigenvalue weighted by Crippen LogP contribution is -2.53. The molecule has 0 aliphatic heterocycles. The number of aliphatic hydroxyl groups is 1. The van der Waals surface area contributed by atoms with Gasteiger partial charge in [-0.2, -0.15) is 0 Å². The van der Waals surface area contributed by atoms with E-state index in [0.717, 1.165) is 18.4 Å². The van der Waals surface area contributed by atoms with Gasteiger partial charge in [0.15, 0.2) is 0 Å². The normalized spacial score (nSPS) is 13.9. The van der Waals surface area contributed by atoms with Crippen molar-refractivity contribution in [1.82, 2.24) is 4.90 Å². The van der Waals surface area contributed by atoms with Gasteiger partial charge in [-0.05, 0) is 44.6 Å². The summed E-state index contributed by atoms with van der Waals surface area (Å²) in [6.07, 6.45) is 2.03. The summed E-state index contributed by atoms with van der Waals surface area (Å²) in [5.41, 5.74) is 0.867. The topological polar surface area (TPSA) is 43.7 Å². The molecular formula is C15H25NO2. The zero-order valence-corrected chi connectivity index (χ0v) is 11.8. The average molecular weight is 251 g/mol. The number of hydrogen-bond acceptors (Lipinski definition) is 3. The summed E-state index contributed by atoms with van der Waals surface area (Å²) in [4.78, 5) is 2.12. The first-order chi connectivity index (χ1) is 8.46. The highest BCUT2D eigenvalue weighted by Crippen LogP contribution is 2.28. The first kappa shape index (κ1) is 15.0. The lowest BCUT2D eigenvalue weighted by Gasteiger charge is -2.42. The minimum absolute atomic E-state index is 0.183. The van der Waals surface area contributed by atoms with E-state index in [1.807, 2.05) is 26.2 Å². The van der Waals surface area contributed by atoms with E-state index >= 15 is 0 Å². The Balaban J connectivity index is 2.85. The molecule has 0 spiro atoms. The van der Waals surface area contributed by atoms with E-state index in [1.165, 1.54) is 0 Å². The lowest BCUT2D eigenvalue weighted by molar-refractivity contribution is -0.0125. The van der Waals surface area contributed by atoms with E-state index in [-0.39, 0.29) is 11.3 Å². The Morgan fingerprint density at radius 3 is 2.00 bits per heavy atom. The van der Waals surface area contributed by atoms with Crippen molar-refractivity contribution in [3.63, 3.8) is 0 Å². The van der Waals surface area contributed by atoms with Gasteiger partial charge in [-0.3, -0.25) is 0 Å². The van der Waals surface area contributed by atoms with Gasteiger partial charge in [0.1, 0.15) is 5.75 Å². The summed E-state index contributed by atoms with van der Waals surface area (Å²) < 4.78 is 0. The Bertz CT molecular complexity index is 355. The van der Waals surface area contributed by atoms with Crippen molar-refractivity contribution in [1.29, 1.82) is 0 Å². The van der Waals surface area contributed by atoms with Crippen LogP contribution in [0.2, 0.25) is 0 Å². The molecular weight excluding hydrogens is 226 g/mol. The van der Waals surface area contributed by atoms with Gasteiger partial charge in [0.05, 0.1) is 6.10 Å². The molecule has 3 nitrogen and oxygen atoms in total. The van der Waals surface area contributed by atoms with Crippen molar-refractivity contribution < 1.29 is 10.2 Å². The highest BCUT2D eigenvalue weighted by molar-refractivity contribution is 5.26. The minimum atomic E-state index is -0.410. The maximum Gasteiger partial charge on any atom is 0.115 e. The van der Waals surface area contributed by atoms with Crippen LogP contribution < -0.4 is 0 Å². The van der Waals surface area contributed by atoms with E-state index in [0.29, 0.717) is 6.42 Å². The molecule has 0 bridgehead atoms. The summed E-state index contributed by atoms with van der Waals surface area (Å²) >= 11 is 0. The van der Waals surface area contributed by atoms with Crippen LogP contribution in [0.4, 0.5) is 0 Å². The quantitative estimate of drug-likeness (QED) is 0.816. The van der Waals surface area contributed by atoms with Crippen LogP contribution in [0, 0.1) is 0 Å². The van der Waals surface area contributed by atoms with Gasteiger partial charge in [0.2, 0.25) is 0 Å². The number of aromatic hydroxyl groups is 1. The van der Waals surface area contributed by atoms with E-state index in [9.17, 15) is 10.2 Å². The minimum Gasteiger partial charge on any atom is -0.508 e. The van der Waals surface area contributed by atoms with E-state index in [4.69, 9.17) is 0 Å². The van der Waals surface area contributed by atoms with E-state index in [1.54, 1.807) is 12.1 Å². The van der Waals surface area contributed by atoms with Crippen LogP contribution in [0.1, 0.15) is 32.3 Å². The summed E-state index contributed by atoms with van der Waals surface area (Å²) in [6.45, 7) is 4.23. The SMILES string of the molecule is CCC(CC)(C(O)Cc1ccc(O)cc1)N(C)C. The Hall–Kier alpha value is -1.06. The molecule has 0 heterocycles. The number of nitrogens with zero attached hydrogens (tertiary/aromatic N) is 1. The summed E-state index contributed by atoms with van der Waals surface area (Å²) in [7, 11) is 4.04. The molecule has 0 aromatic heterocycles. The van der Waals surface area contributed by atoms with Crippen molar-refractivity contribution in [2.75, 3.05) is 14.1 Å². The second kappa shape index (κ2) is 6.21. The Kier molecular flexibility index (Phi) is 5.17. The molecule has 102 valence electrons. The van der Waals surface area contributed by atoms with Gasteiger partial charge in [0, 0.05) is 12.0 Å². The van der Waals surface area contributed by atoms with Crippen LogP contribution in [0.15, 0.2) is 24.3 Å². The molecule has 1 atom stereocenters. The lowest BCUT2D eigenvalue weighted by atomic mass is 9.82. The third-order valence-electron chi connectivity index (χ3n) is 4.10. The van der Waals surface area contributed by atoms with E-state index < -0.39 is 6.10 Å². The molecule has 1 aromatic carbocycles. The standard InChI is InChI=1S/C15H25NO2/c1-5-15(6-2,16(3)4)14(18)11-12-7-9-13(17)10-8-12/h7-10,14,17-18H,5-6,11H2,1-4H3. The van der Waals surface area contributed by atoms with Crippen LogP contribution in [0.5, 0.6) is 5.75 Å². The molecule has 2 N–H and O–H groups in total. The zero-order valence-electron chi connectivity index (χ0n) is 11.8. The first-order valence-electron chi connectivity index (χ1n) is 6.59. The molecule has 0 fully saturated rings. The van der Waals surface area contributed by atoms with Gasteiger partial charge in [-0.25, -0.2) is 0 Å². The first-order valence-corrected chi connectivity index (χ1v) is 6.59.